The molecule has 4 heterocycles. The highest BCUT2D eigenvalue weighted by Gasteiger charge is 2.22. The average molecular weight is 795 g/mol. The Hall–Kier alpha value is -5.00. The first-order chi connectivity index (χ1) is 28.1. The summed E-state index contributed by atoms with van der Waals surface area (Å²) in [5.41, 5.74) is -4.72. The van der Waals surface area contributed by atoms with Crippen LogP contribution in [0.2, 0.25) is 0 Å². The van der Waals surface area contributed by atoms with Gasteiger partial charge in [-0.2, -0.15) is 0 Å². The molecule has 310 valence electrons. The van der Waals surface area contributed by atoms with E-state index in [4.69, 9.17) is 0 Å². The number of hydrogen-bond acceptors (Lipinski definition) is 8. The van der Waals surface area contributed by atoms with E-state index in [0.29, 0.717) is 12.8 Å². The maximum Gasteiger partial charge on any atom is 0.261 e. The zero-order valence-electron chi connectivity index (χ0n) is 34.3. The average Bonchev–Trinajstić information content (AvgIpc) is 3.79. The van der Waals surface area contributed by atoms with Crippen molar-refractivity contribution < 1.29 is 0 Å². The van der Waals surface area contributed by atoms with E-state index in [1.807, 2.05) is 0 Å². The summed E-state index contributed by atoms with van der Waals surface area (Å²) < 4.78 is 4.18. The van der Waals surface area contributed by atoms with Gasteiger partial charge in [-0.3, -0.25) is 56.6 Å². The largest absolute Gasteiger partial charge is 0.274 e. The highest BCUT2D eigenvalue weighted by molar-refractivity contribution is 5.98. The number of hydrogen-bond donors (Lipinski definition) is 0. The smallest absolute Gasteiger partial charge is 0.261 e. The highest BCUT2D eigenvalue weighted by Crippen LogP contribution is 2.18. The summed E-state index contributed by atoms with van der Waals surface area (Å²) in [7, 11) is 0. The first-order valence-corrected chi connectivity index (χ1v) is 21.9. The van der Waals surface area contributed by atoms with Gasteiger partial charge < -0.3 is 0 Å². The van der Waals surface area contributed by atoms with Crippen molar-refractivity contribution in [3.63, 3.8) is 0 Å². The number of fused-ring (bicyclic) bond motifs is 4. The van der Waals surface area contributed by atoms with E-state index in [0.717, 1.165) is 47.7 Å². The predicted molar refractivity (Wildman–Crippen MR) is 233 cm³/mol. The fourth-order valence-electron chi connectivity index (χ4n) is 8.67. The molecule has 0 amide bonds. The van der Waals surface area contributed by atoms with E-state index in [-0.39, 0.29) is 69.3 Å². The normalized spacial score (nSPS) is 12.1. The molecule has 0 N–H and O–H groups in total. The Labute approximate surface area is 336 Å². The molecule has 0 unspecified atom stereocenters. The summed E-state index contributed by atoms with van der Waals surface area (Å²) in [5.74, 6) is 0. The molecule has 12 heteroatoms. The van der Waals surface area contributed by atoms with Crippen molar-refractivity contribution in [1.29, 1.82) is 0 Å². The summed E-state index contributed by atoms with van der Waals surface area (Å²) in [6.45, 7) is 4.30. The Balaban J connectivity index is 1.12. The molecule has 0 bridgehead atoms. The van der Waals surface area contributed by atoms with E-state index in [1.165, 1.54) is 110 Å². The molecule has 0 atom stereocenters. The molecule has 4 aromatic heterocycles. The van der Waals surface area contributed by atoms with Crippen LogP contribution in [0.15, 0.2) is 62.6 Å². The van der Waals surface area contributed by atoms with Gasteiger partial charge in [-0.15, -0.1) is 0 Å². The highest BCUT2D eigenvalue weighted by atomic mass is 16.2. The molecule has 12 nitrogen and oxygen atoms in total. The van der Waals surface area contributed by atoms with Crippen molar-refractivity contribution in [1.82, 2.24) is 18.3 Å². The molecule has 58 heavy (non-hydrogen) atoms. The number of aromatic nitrogens is 4. The van der Waals surface area contributed by atoms with E-state index in [2.05, 4.69) is 13.8 Å². The van der Waals surface area contributed by atoms with Gasteiger partial charge in [0.05, 0.1) is 43.1 Å². The molecule has 0 saturated heterocycles. The molecule has 2 aromatic carbocycles. The first kappa shape index (κ1) is 42.6. The van der Waals surface area contributed by atoms with Crippen LogP contribution in [0, 0.1) is 0 Å². The molecule has 0 aliphatic heterocycles. The van der Waals surface area contributed by atoms with Crippen LogP contribution in [-0.2, 0) is 26.2 Å². The lowest BCUT2D eigenvalue weighted by molar-refractivity contribution is 0.529. The molecular formula is C46H58N4O8. The van der Waals surface area contributed by atoms with Crippen LogP contribution in [0.1, 0.15) is 142 Å². The summed E-state index contributed by atoms with van der Waals surface area (Å²) in [6, 6.07) is 5.23. The Morgan fingerprint density at radius 3 is 0.638 bits per heavy atom. The second-order valence-electron chi connectivity index (χ2n) is 16.3. The fraction of sp³-hybridized carbons (Fsp3) is 0.565. The third-order valence-corrected chi connectivity index (χ3v) is 12.1. The Morgan fingerprint density at radius 1 is 0.259 bits per heavy atom. The second-order valence-corrected chi connectivity index (χ2v) is 16.3. The van der Waals surface area contributed by atoms with Gasteiger partial charge in [0.15, 0.2) is 0 Å². The minimum atomic E-state index is -0.689. The predicted octanol–water partition coefficient (Wildman–Crippen LogP) is 6.68. The zero-order valence-corrected chi connectivity index (χ0v) is 34.3. The molecule has 0 saturated carbocycles. The number of rotatable bonds is 25. The van der Waals surface area contributed by atoms with Crippen LogP contribution < -0.4 is 44.5 Å². The number of unbranched alkanes of at least 4 members (excludes halogenated alkanes) is 18. The van der Waals surface area contributed by atoms with Crippen molar-refractivity contribution >= 4 is 43.1 Å². The summed E-state index contributed by atoms with van der Waals surface area (Å²) >= 11 is 0. The van der Waals surface area contributed by atoms with E-state index in [1.54, 1.807) is 0 Å². The van der Waals surface area contributed by atoms with Gasteiger partial charge in [0.2, 0.25) is 0 Å². The molecule has 0 fully saturated rings. The fourth-order valence-corrected chi connectivity index (χ4v) is 8.67. The van der Waals surface area contributed by atoms with Crippen LogP contribution in [0.25, 0.3) is 43.1 Å². The number of nitrogens with zero attached hydrogens (tertiary/aromatic N) is 4. The summed E-state index contributed by atoms with van der Waals surface area (Å²) in [5, 5.41) is 0.286. The van der Waals surface area contributed by atoms with Gasteiger partial charge in [0.1, 0.15) is 0 Å². The minimum absolute atomic E-state index is 0.0103. The quantitative estimate of drug-likeness (QED) is 0.0582. The molecule has 0 radical (unpaired) electrons. The second kappa shape index (κ2) is 19.6. The van der Waals surface area contributed by atoms with E-state index >= 15 is 0 Å². The van der Waals surface area contributed by atoms with E-state index in [9.17, 15) is 38.4 Å². The topological polar surface area (TPSA) is 156 Å². The summed E-state index contributed by atoms with van der Waals surface area (Å²) in [6.07, 6.45) is 22.4. The van der Waals surface area contributed by atoms with Crippen LogP contribution in [0.3, 0.4) is 0 Å². The van der Waals surface area contributed by atoms with Crippen LogP contribution in [-0.4, -0.2) is 18.3 Å². The van der Waals surface area contributed by atoms with Gasteiger partial charge in [-0.25, -0.2) is 0 Å². The van der Waals surface area contributed by atoms with Crippen molar-refractivity contribution in [2.45, 2.75) is 168 Å². The molecule has 0 aliphatic carbocycles. The minimum Gasteiger partial charge on any atom is -0.274 e. The van der Waals surface area contributed by atoms with Crippen molar-refractivity contribution in [2.24, 2.45) is 0 Å². The zero-order chi connectivity index (χ0) is 41.3. The SMILES string of the molecule is CCCCCCCCCCCCn1c(=O)c2cc3c(=O)n(CCn4c(=O)c5cc6c(=O)n(CCCCCCCCCCCC)c(=O)c6cc5c4=O)c(=O)c3cc2c1=O. The summed E-state index contributed by atoms with van der Waals surface area (Å²) in [4.78, 5) is 107. The Morgan fingerprint density at radius 2 is 0.431 bits per heavy atom. The van der Waals surface area contributed by atoms with Gasteiger partial charge in [-0.1, -0.05) is 129 Å². The van der Waals surface area contributed by atoms with Crippen LogP contribution in [0.4, 0.5) is 0 Å². The van der Waals surface area contributed by atoms with E-state index < -0.39 is 44.5 Å². The lowest BCUT2D eigenvalue weighted by atomic mass is 10.1. The maximum absolute atomic E-state index is 13.5. The third kappa shape index (κ3) is 8.85. The Kier molecular flexibility index (Phi) is 14.4. The lowest BCUT2D eigenvalue weighted by Gasteiger charge is -2.03. The first-order valence-electron chi connectivity index (χ1n) is 21.9. The van der Waals surface area contributed by atoms with Gasteiger partial charge in [0, 0.05) is 26.2 Å². The van der Waals surface area contributed by atoms with Crippen molar-refractivity contribution in [2.75, 3.05) is 0 Å². The third-order valence-electron chi connectivity index (χ3n) is 12.1. The standard InChI is InChI=1S/C46H58N4O8/c1-3-5-7-9-11-13-15-17-19-21-23-47-39(51)31-27-35-36(28-32(31)40(47)52)44(56)49(43(35)55)25-26-50-45(57)37-29-33-34(30-38(37)46(50)58)42(54)48(41(33)53)24-22-20-18-16-14-12-10-8-6-4-2/h27-30H,3-26H2,1-2H3. The van der Waals surface area contributed by atoms with Crippen molar-refractivity contribution in [3.05, 3.63) is 107 Å². The molecule has 0 spiro atoms. The van der Waals surface area contributed by atoms with Gasteiger partial charge in [-0.05, 0) is 37.1 Å². The van der Waals surface area contributed by atoms with Crippen LogP contribution >= 0.6 is 0 Å². The molecule has 0 aliphatic rings. The van der Waals surface area contributed by atoms with Crippen LogP contribution in [0.5, 0.6) is 0 Å². The molecule has 6 rings (SSSR count). The lowest BCUT2D eigenvalue weighted by Crippen LogP contribution is -2.33. The number of benzene rings is 2. The van der Waals surface area contributed by atoms with Crippen molar-refractivity contribution in [3.8, 4) is 0 Å². The maximum atomic E-state index is 13.5. The van der Waals surface area contributed by atoms with Gasteiger partial charge >= 0.3 is 0 Å². The molecule has 6 aromatic rings. The molecular weight excluding hydrogens is 737 g/mol. The van der Waals surface area contributed by atoms with Gasteiger partial charge in [0.25, 0.3) is 44.5 Å². The monoisotopic (exact) mass is 794 g/mol. The Bertz CT molecular complexity index is 2450.